The molecule has 0 N–H and O–H groups in total. The van der Waals surface area contributed by atoms with Crippen LogP contribution in [-0.2, 0) is 11.2 Å². The molecule has 22 heavy (non-hydrogen) atoms. The number of carbonyl (C=O) groups is 1. The van der Waals surface area contributed by atoms with Crippen LogP contribution in [0.4, 0.5) is 8.78 Å². The Morgan fingerprint density at radius 3 is 2.73 bits per heavy atom. The van der Waals surface area contributed by atoms with Gasteiger partial charge >= 0.3 is 0 Å². The van der Waals surface area contributed by atoms with Gasteiger partial charge in [-0.05, 0) is 30.7 Å². The lowest BCUT2D eigenvalue weighted by atomic mass is 9.98. The van der Waals surface area contributed by atoms with Crippen molar-refractivity contribution in [1.82, 2.24) is 4.90 Å². The molecular formula is C18H21F2NO. The van der Waals surface area contributed by atoms with Crippen molar-refractivity contribution in [1.29, 1.82) is 0 Å². The second-order valence-electron chi connectivity index (χ2n) is 5.80. The minimum atomic E-state index is -2.42. The van der Waals surface area contributed by atoms with Crippen LogP contribution in [0.1, 0.15) is 43.2 Å². The number of halogens is 2. The summed E-state index contributed by atoms with van der Waals surface area (Å²) in [5.41, 5.74) is 1.11. The largest absolute Gasteiger partial charge is 0.342 e. The highest BCUT2D eigenvalue weighted by molar-refractivity contribution is 5.76. The molecule has 0 saturated carbocycles. The van der Waals surface area contributed by atoms with E-state index >= 15 is 0 Å². The Hall–Kier alpha value is -1.89. The van der Waals surface area contributed by atoms with Crippen LogP contribution in [-0.4, -0.2) is 23.9 Å². The molecule has 4 heteroatoms. The monoisotopic (exact) mass is 305 g/mol. The van der Waals surface area contributed by atoms with Gasteiger partial charge in [0.1, 0.15) is 0 Å². The van der Waals surface area contributed by atoms with E-state index in [0.717, 1.165) is 37.9 Å². The van der Waals surface area contributed by atoms with Crippen molar-refractivity contribution in [2.75, 3.05) is 13.1 Å². The zero-order valence-electron chi connectivity index (χ0n) is 12.6. The SMILES string of the molecule is C#CCCCC(=O)N1CC[C@H](Cc2ccc(C(F)F)cc2)C1. The van der Waals surface area contributed by atoms with E-state index < -0.39 is 6.43 Å². The summed E-state index contributed by atoms with van der Waals surface area (Å²) in [5, 5.41) is 0. The van der Waals surface area contributed by atoms with E-state index in [1.165, 1.54) is 12.1 Å². The number of amides is 1. The highest BCUT2D eigenvalue weighted by Crippen LogP contribution is 2.24. The van der Waals surface area contributed by atoms with Crippen molar-refractivity contribution in [2.45, 2.75) is 38.5 Å². The van der Waals surface area contributed by atoms with Crippen LogP contribution in [0.2, 0.25) is 0 Å². The van der Waals surface area contributed by atoms with E-state index in [9.17, 15) is 13.6 Å². The van der Waals surface area contributed by atoms with Crippen LogP contribution >= 0.6 is 0 Å². The van der Waals surface area contributed by atoms with Crippen LogP contribution in [0.5, 0.6) is 0 Å². The molecule has 0 spiro atoms. The van der Waals surface area contributed by atoms with Gasteiger partial charge in [-0.25, -0.2) is 8.78 Å². The molecule has 1 fully saturated rings. The molecule has 1 aliphatic heterocycles. The Kier molecular flexibility index (Phi) is 5.94. The number of carbonyl (C=O) groups excluding carboxylic acids is 1. The van der Waals surface area contributed by atoms with E-state index in [4.69, 9.17) is 6.42 Å². The first-order chi connectivity index (χ1) is 10.6. The smallest absolute Gasteiger partial charge is 0.263 e. The van der Waals surface area contributed by atoms with Gasteiger partial charge < -0.3 is 4.90 Å². The molecule has 0 radical (unpaired) electrons. The predicted octanol–water partition coefficient (Wildman–Crippen LogP) is 3.82. The lowest BCUT2D eigenvalue weighted by molar-refractivity contribution is -0.130. The summed E-state index contributed by atoms with van der Waals surface area (Å²) in [7, 11) is 0. The van der Waals surface area contributed by atoms with Crippen LogP contribution in [0.3, 0.4) is 0 Å². The number of likely N-dealkylation sites (tertiary alicyclic amines) is 1. The average Bonchev–Trinajstić information content (AvgIpc) is 2.96. The molecule has 1 aliphatic rings. The van der Waals surface area contributed by atoms with Crippen LogP contribution in [0, 0.1) is 18.3 Å². The van der Waals surface area contributed by atoms with Gasteiger partial charge in [0.25, 0.3) is 6.43 Å². The molecule has 1 aromatic rings. The topological polar surface area (TPSA) is 20.3 Å². The fourth-order valence-corrected chi connectivity index (χ4v) is 2.86. The van der Waals surface area contributed by atoms with E-state index in [2.05, 4.69) is 5.92 Å². The van der Waals surface area contributed by atoms with Crippen molar-refractivity contribution < 1.29 is 13.6 Å². The molecule has 118 valence electrons. The molecule has 1 amide bonds. The summed E-state index contributed by atoms with van der Waals surface area (Å²) < 4.78 is 25.0. The predicted molar refractivity (Wildman–Crippen MR) is 82.5 cm³/mol. The third kappa shape index (κ3) is 4.56. The van der Waals surface area contributed by atoms with Crippen molar-refractivity contribution in [3.8, 4) is 12.3 Å². The van der Waals surface area contributed by atoms with Gasteiger partial charge in [-0.3, -0.25) is 4.79 Å². The van der Waals surface area contributed by atoms with E-state index in [1.807, 2.05) is 4.90 Å². The molecular weight excluding hydrogens is 284 g/mol. The Morgan fingerprint density at radius 2 is 2.09 bits per heavy atom. The summed E-state index contributed by atoms with van der Waals surface area (Å²) in [4.78, 5) is 13.9. The van der Waals surface area contributed by atoms with Gasteiger partial charge in [-0.15, -0.1) is 12.3 Å². The molecule has 0 aromatic heterocycles. The van der Waals surface area contributed by atoms with Gasteiger partial charge in [0, 0.05) is 31.5 Å². The van der Waals surface area contributed by atoms with Gasteiger partial charge in [0.2, 0.25) is 5.91 Å². The Bertz CT molecular complexity index is 533. The van der Waals surface area contributed by atoms with Crippen LogP contribution < -0.4 is 0 Å². The van der Waals surface area contributed by atoms with Gasteiger partial charge in [0.05, 0.1) is 0 Å². The Balaban J connectivity index is 1.81. The number of terminal acetylenes is 1. The van der Waals surface area contributed by atoms with E-state index in [-0.39, 0.29) is 11.5 Å². The number of hydrogen-bond acceptors (Lipinski definition) is 1. The molecule has 0 aliphatic carbocycles. The van der Waals surface area contributed by atoms with Gasteiger partial charge in [-0.2, -0.15) is 0 Å². The number of nitrogens with zero attached hydrogens (tertiary/aromatic N) is 1. The number of rotatable bonds is 6. The van der Waals surface area contributed by atoms with E-state index in [0.29, 0.717) is 18.8 Å². The number of unbranched alkanes of at least 4 members (excludes halogenated alkanes) is 1. The maximum absolute atomic E-state index is 12.5. The number of alkyl halides is 2. The molecule has 0 unspecified atom stereocenters. The number of benzene rings is 1. The average molecular weight is 305 g/mol. The molecule has 0 bridgehead atoms. The summed E-state index contributed by atoms with van der Waals surface area (Å²) in [6.07, 6.45) is 6.46. The highest BCUT2D eigenvalue weighted by atomic mass is 19.3. The summed E-state index contributed by atoms with van der Waals surface area (Å²) in [5.74, 6) is 3.13. The number of hydrogen-bond donors (Lipinski definition) is 0. The summed E-state index contributed by atoms with van der Waals surface area (Å²) >= 11 is 0. The highest BCUT2D eigenvalue weighted by Gasteiger charge is 2.25. The lowest BCUT2D eigenvalue weighted by Gasteiger charge is -2.16. The van der Waals surface area contributed by atoms with Gasteiger partial charge in [-0.1, -0.05) is 24.3 Å². The van der Waals surface area contributed by atoms with Crippen LogP contribution in [0.25, 0.3) is 0 Å². The minimum Gasteiger partial charge on any atom is -0.342 e. The maximum Gasteiger partial charge on any atom is 0.263 e. The quantitative estimate of drug-likeness (QED) is 0.578. The van der Waals surface area contributed by atoms with Crippen LogP contribution in [0.15, 0.2) is 24.3 Å². The first-order valence-corrected chi connectivity index (χ1v) is 7.68. The third-order valence-electron chi connectivity index (χ3n) is 4.11. The molecule has 1 heterocycles. The first kappa shape index (κ1) is 16.5. The normalized spacial score (nSPS) is 17.7. The summed E-state index contributed by atoms with van der Waals surface area (Å²) in [6, 6.07) is 6.49. The van der Waals surface area contributed by atoms with Crippen molar-refractivity contribution in [2.24, 2.45) is 5.92 Å². The Labute approximate surface area is 130 Å². The standard InChI is InChI=1S/C18H21F2NO/c1-2-3-4-5-17(22)21-11-10-15(13-21)12-14-6-8-16(9-7-14)18(19)20/h1,6-9,15,18H,3-5,10-13H2/t15-/m1/s1. The molecule has 1 atom stereocenters. The van der Waals surface area contributed by atoms with Crippen molar-refractivity contribution in [3.63, 3.8) is 0 Å². The summed E-state index contributed by atoms with van der Waals surface area (Å²) in [6.45, 7) is 1.54. The van der Waals surface area contributed by atoms with Gasteiger partial charge in [0.15, 0.2) is 0 Å². The Morgan fingerprint density at radius 1 is 1.36 bits per heavy atom. The van der Waals surface area contributed by atoms with Crippen molar-refractivity contribution in [3.05, 3.63) is 35.4 Å². The zero-order valence-corrected chi connectivity index (χ0v) is 12.6. The lowest BCUT2D eigenvalue weighted by Crippen LogP contribution is -2.28. The van der Waals surface area contributed by atoms with E-state index in [1.54, 1.807) is 12.1 Å². The molecule has 2 rings (SSSR count). The third-order valence-corrected chi connectivity index (χ3v) is 4.11. The zero-order chi connectivity index (χ0) is 15.9. The minimum absolute atomic E-state index is 0.0560. The molecule has 2 nitrogen and oxygen atoms in total. The van der Waals surface area contributed by atoms with Crippen molar-refractivity contribution >= 4 is 5.91 Å². The molecule has 1 aromatic carbocycles. The fraction of sp³-hybridized carbons (Fsp3) is 0.500. The maximum atomic E-state index is 12.5. The fourth-order valence-electron chi connectivity index (χ4n) is 2.86. The molecule has 1 saturated heterocycles. The first-order valence-electron chi connectivity index (χ1n) is 7.68. The second kappa shape index (κ2) is 7.93. The second-order valence-corrected chi connectivity index (χ2v) is 5.80.